The first-order valence-electron chi connectivity index (χ1n) is 8.78. The molecule has 1 unspecified atom stereocenters. The lowest BCUT2D eigenvalue weighted by molar-refractivity contribution is -0.181. The molecule has 0 aliphatic carbocycles. The SMILES string of the molecule is Cc1nc(-c2ccc(C(F)(F)F)nc2)sc1C(OCC(F)(F)F)c1ccc(C#N)c(Br)c1. The minimum atomic E-state index is -4.60. The zero-order valence-corrected chi connectivity index (χ0v) is 18.5. The van der Waals surface area contributed by atoms with E-state index < -0.39 is 30.8 Å². The molecule has 2 aromatic heterocycles. The van der Waals surface area contributed by atoms with Gasteiger partial charge in [-0.05, 0) is 52.7 Å². The van der Waals surface area contributed by atoms with Crippen LogP contribution in [0.5, 0.6) is 0 Å². The normalized spacial score (nSPS) is 13.1. The monoisotopic (exact) mass is 535 g/mol. The summed E-state index contributed by atoms with van der Waals surface area (Å²) in [5.74, 6) is 0. The fraction of sp³-hybridized carbons (Fsp3) is 0.250. The van der Waals surface area contributed by atoms with Gasteiger partial charge in [0.05, 0.1) is 16.1 Å². The van der Waals surface area contributed by atoms with Crippen molar-refractivity contribution in [3.05, 3.63) is 68.4 Å². The van der Waals surface area contributed by atoms with Gasteiger partial charge in [0.1, 0.15) is 29.5 Å². The van der Waals surface area contributed by atoms with Crippen molar-refractivity contribution in [1.82, 2.24) is 9.97 Å². The summed E-state index contributed by atoms with van der Waals surface area (Å²) in [6.45, 7) is 0.0410. The molecule has 0 saturated heterocycles. The smallest absolute Gasteiger partial charge is 0.358 e. The van der Waals surface area contributed by atoms with Gasteiger partial charge in [-0.25, -0.2) is 4.98 Å². The van der Waals surface area contributed by atoms with Crippen molar-refractivity contribution in [2.45, 2.75) is 25.4 Å². The van der Waals surface area contributed by atoms with Crippen LogP contribution in [0.15, 0.2) is 41.0 Å². The predicted molar refractivity (Wildman–Crippen MR) is 108 cm³/mol. The molecule has 0 saturated carbocycles. The third-order valence-corrected chi connectivity index (χ3v) is 6.11. The second-order valence-corrected chi connectivity index (χ2v) is 8.44. The molecule has 0 aliphatic rings. The zero-order valence-electron chi connectivity index (χ0n) is 16.1. The van der Waals surface area contributed by atoms with Crippen LogP contribution in [0.25, 0.3) is 10.6 Å². The van der Waals surface area contributed by atoms with Crippen LogP contribution >= 0.6 is 27.3 Å². The molecule has 32 heavy (non-hydrogen) atoms. The maximum atomic E-state index is 12.9. The molecule has 1 atom stereocenters. The van der Waals surface area contributed by atoms with Crippen molar-refractivity contribution >= 4 is 27.3 Å². The number of thiazole rings is 1. The van der Waals surface area contributed by atoms with Crippen molar-refractivity contribution in [2.75, 3.05) is 6.61 Å². The van der Waals surface area contributed by atoms with E-state index in [1.165, 1.54) is 24.3 Å². The summed E-state index contributed by atoms with van der Waals surface area (Å²) in [5, 5.41) is 9.36. The number of nitriles is 1. The Bertz CT molecular complexity index is 1150. The van der Waals surface area contributed by atoms with Crippen LogP contribution in [0.4, 0.5) is 26.3 Å². The lowest BCUT2D eigenvalue weighted by atomic mass is 10.1. The summed E-state index contributed by atoms with van der Waals surface area (Å²) in [6.07, 6.45) is -9.33. The Morgan fingerprint density at radius 3 is 2.41 bits per heavy atom. The summed E-state index contributed by atoms with van der Waals surface area (Å²) in [6, 6.07) is 8.35. The molecule has 1 aromatic carbocycles. The average Bonchev–Trinajstić information content (AvgIpc) is 3.08. The van der Waals surface area contributed by atoms with E-state index in [2.05, 4.69) is 25.9 Å². The molecule has 12 heteroatoms. The van der Waals surface area contributed by atoms with E-state index in [9.17, 15) is 26.3 Å². The Labute approximate surface area is 190 Å². The molecule has 0 bridgehead atoms. The molecule has 0 N–H and O–H groups in total. The fourth-order valence-corrected chi connectivity index (χ4v) is 4.37. The van der Waals surface area contributed by atoms with Crippen LogP contribution in [-0.2, 0) is 10.9 Å². The summed E-state index contributed by atoms with van der Waals surface area (Å²) >= 11 is 4.20. The van der Waals surface area contributed by atoms with E-state index in [1.54, 1.807) is 6.92 Å². The second-order valence-electron chi connectivity index (χ2n) is 6.56. The first-order chi connectivity index (χ1) is 14.9. The molecule has 0 fully saturated rings. The summed E-state index contributed by atoms with van der Waals surface area (Å²) in [4.78, 5) is 8.03. The number of ether oxygens (including phenoxy) is 1. The predicted octanol–water partition coefficient (Wildman–Crippen LogP) is 6.83. The summed E-state index contributed by atoms with van der Waals surface area (Å²) in [7, 11) is 0. The Hall–Kier alpha value is -2.49. The third kappa shape index (κ3) is 5.65. The number of alkyl halides is 6. The maximum absolute atomic E-state index is 12.9. The number of rotatable bonds is 5. The van der Waals surface area contributed by atoms with Gasteiger partial charge >= 0.3 is 12.4 Å². The van der Waals surface area contributed by atoms with Crippen LogP contribution in [0.3, 0.4) is 0 Å². The summed E-state index contributed by atoms with van der Waals surface area (Å²) in [5.41, 5.74) is 0.221. The van der Waals surface area contributed by atoms with Crippen LogP contribution in [0, 0.1) is 18.3 Å². The average molecular weight is 536 g/mol. The van der Waals surface area contributed by atoms with Crippen LogP contribution in [0.2, 0.25) is 0 Å². The van der Waals surface area contributed by atoms with Gasteiger partial charge in [0.15, 0.2) is 0 Å². The zero-order chi connectivity index (χ0) is 23.7. The Kier molecular flexibility index (Phi) is 6.92. The van der Waals surface area contributed by atoms with Crippen molar-refractivity contribution in [3.63, 3.8) is 0 Å². The Morgan fingerprint density at radius 1 is 1.16 bits per heavy atom. The lowest BCUT2D eigenvalue weighted by Gasteiger charge is -2.19. The fourth-order valence-electron chi connectivity index (χ4n) is 2.75. The number of nitrogens with zero attached hydrogens (tertiary/aromatic N) is 3. The minimum absolute atomic E-state index is 0.284. The van der Waals surface area contributed by atoms with Crippen molar-refractivity contribution in [2.24, 2.45) is 0 Å². The first-order valence-corrected chi connectivity index (χ1v) is 10.4. The number of hydrogen-bond acceptors (Lipinski definition) is 5. The summed E-state index contributed by atoms with van der Waals surface area (Å²) < 4.78 is 82.4. The number of benzene rings is 1. The molecular formula is C20H12BrF6N3OS. The lowest BCUT2D eigenvalue weighted by Crippen LogP contribution is -2.20. The van der Waals surface area contributed by atoms with E-state index in [0.717, 1.165) is 23.6 Å². The van der Waals surface area contributed by atoms with E-state index in [0.29, 0.717) is 26.2 Å². The van der Waals surface area contributed by atoms with Gasteiger partial charge in [-0.3, -0.25) is 4.98 Å². The van der Waals surface area contributed by atoms with Gasteiger partial charge in [-0.15, -0.1) is 11.3 Å². The number of pyridine rings is 1. The first kappa shape index (κ1) is 24.2. The highest BCUT2D eigenvalue weighted by molar-refractivity contribution is 9.10. The van der Waals surface area contributed by atoms with Crippen LogP contribution in [-0.4, -0.2) is 22.8 Å². The van der Waals surface area contributed by atoms with Gasteiger partial charge in [0.25, 0.3) is 0 Å². The van der Waals surface area contributed by atoms with E-state index in [-0.39, 0.29) is 10.6 Å². The van der Waals surface area contributed by atoms with Crippen molar-refractivity contribution < 1.29 is 31.1 Å². The molecule has 0 radical (unpaired) electrons. The highest BCUT2D eigenvalue weighted by atomic mass is 79.9. The van der Waals surface area contributed by atoms with Crippen molar-refractivity contribution in [1.29, 1.82) is 5.26 Å². The molecular weight excluding hydrogens is 524 g/mol. The molecule has 0 amide bonds. The maximum Gasteiger partial charge on any atom is 0.433 e. The van der Waals surface area contributed by atoms with Crippen LogP contribution in [0.1, 0.15) is 33.5 Å². The second kappa shape index (κ2) is 9.17. The minimum Gasteiger partial charge on any atom is -0.358 e. The van der Waals surface area contributed by atoms with E-state index in [1.807, 2.05) is 6.07 Å². The largest absolute Gasteiger partial charge is 0.433 e. The van der Waals surface area contributed by atoms with Gasteiger partial charge in [-0.1, -0.05) is 6.07 Å². The van der Waals surface area contributed by atoms with Gasteiger partial charge in [0, 0.05) is 16.2 Å². The third-order valence-electron chi connectivity index (χ3n) is 4.20. The quantitative estimate of drug-likeness (QED) is 0.336. The Balaban J connectivity index is 2.01. The number of aryl methyl sites for hydroxylation is 1. The molecule has 4 nitrogen and oxygen atoms in total. The standard InChI is InChI=1S/C20H12BrF6N3OS/c1-10-17(32-18(30-10)13-4-5-15(29-8-13)20(25,26)27)16(31-9-19(22,23)24)11-2-3-12(7-28)14(21)6-11/h2-6,8,16H,9H2,1H3. The molecule has 3 rings (SSSR count). The van der Waals surface area contributed by atoms with Gasteiger partial charge in [0.2, 0.25) is 0 Å². The number of hydrogen-bond donors (Lipinski definition) is 0. The number of aromatic nitrogens is 2. The molecule has 168 valence electrons. The van der Waals surface area contributed by atoms with Gasteiger partial charge in [-0.2, -0.15) is 31.6 Å². The number of halogens is 7. The topological polar surface area (TPSA) is 58.8 Å². The van der Waals surface area contributed by atoms with E-state index >= 15 is 0 Å². The highest BCUT2D eigenvalue weighted by Gasteiger charge is 2.33. The molecule has 0 aliphatic heterocycles. The van der Waals surface area contributed by atoms with Gasteiger partial charge < -0.3 is 4.74 Å². The molecule has 2 heterocycles. The Morgan fingerprint density at radius 2 is 1.88 bits per heavy atom. The van der Waals surface area contributed by atoms with E-state index in [4.69, 9.17) is 10.00 Å². The molecule has 0 spiro atoms. The highest BCUT2D eigenvalue weighted by Crippen LogP contribution is 2.39. The molecule has 3 aromatic rings. The van der Waals surface area contributed by atoms with Crippen LogP contribution < -0.4 is 0 Å². The van der Waals surface area contributed by atoms with Crippen molar-refractivity contribution in [3.8, 4) is 16.6 Å².